The molecule has 0 saturated carbocycles. The van der Waals surface area contributed by atoms with Gasteiger partial charge < -0.3 is 15.8 Å². The summed E-state index contributed by atoms with van der Waals surface area (Å²) in [5, 5.41) is 3.14. The highest BCUT2D eigenvalue weighted by Gasteiger charge is 2.32. The first-order valence-corrected chi connectivity index (χ1v) is 6.73. The molecule has 1 fully saturated rings. The van der Waals surface area contributed by atoms with E-state index in [-0.39, 0.29) is 5.41 Å². The lowest BCUT2D eigenvalue weighted by Gasteiger charge is -2.36. The van der Waals surface area contributed by atoms with E-state index in [1.165, 1.54) is 5.56 Å². The Hall–Kier alpha value is -1.55. The Kier molecular flexibility index (Phi) is 4.10. The average Bonchev–Trinajstić information content (AvgIpc) is 2.34. The highest BCUT2D eigenvalue weighted by Crippen LogP contribution is 2.26. The van der Waals surface area contributed by atoms with Crippen LogP contribution in [0.2, 0.25) is 0 Å². The Bertz CT molecular complexity index is 464. The molecule has 0 bridgehead atoms. The van der Waals surface area contributed by atoms with Crippen LogP contribution in [0.4, 0.5) is 5.69 Å². The molecule has 1 heterocycles. The van der Waals surface area contributed by atoms with Crippen LogP contribution in [-0.4, -0.2) is 25.7 Å². The molecule has 1 saturated heterocycles. The highest BCUT2D eigenvalue weighted by molar-refractivity contribution is 5.92. The number of guanidine groups is 1. The normalized spacial score (nSPS) is 18.2. The number of nitrogens with zero attached hydrogens (tertiary/aromatic N) is 1. The molecular weight excluding hydrogens is 238 g/mol. The maximum absolute atomic E-state index is 5.92. The fourth-order valence-electron chi connectivity index (χ4n) is 1.98. The van der Waals surface area contributed by atoms with E-state index in [0.717, 1.165) is 18.9 Å². The van der Waals surface area contributed by atoms with E-state index in [2.05, 4.69) is 43.2 Å². The molecule has 2 rings (SSSR count). The predicted octanol–water partition coefficient (Wildman–Crippen LogP) is 2.57. The van der Waals surface area contributed by atoms with Gasteiger partial charge in [-0.05, 0) is 23.6 Å². The van der Waals surface area contributed by atoms with Crippen molar-refractivity contribution in [3.63, 3.8) is 0 Å². The first-order chi connectivity index (χ1) is 8.98. The quantitative estimate of drug-likeness (QED) is 0.647. The summed E-state index contributed by atoms with van der Waals surface area (Å²) in [5.41, 5.74) is 8.35. The molecule has 0 atom stereocenters. The van der Waals surface area contributed by atoms with Crippen LogP contribution in [0.5, 0.6) is 0 Å². The van der Waals surface area contributed by atoms with Crippen molar-refractivity contribution in [1.29, 1.82) is 0 Å². The first-order valence-electron chi connectivity index (χ1n) is 6.73. The van der Waals surface area contributed by atoms with Gasteiger partial charge in [0.15, 0.2) is 5.96 Å². The van der Waals surface area contributed by atoms with Crippen molar-refractivity contribution in [2.24, 2.45) is 16.1 Å². The second-order valence-electron chi connectivity index (χ2n) is 5.91. The lowest BCUT2D eigenvalue weighted by atomic mass is 9.89. The molecule has 0 aliphatic carbocycles. The summed E-state index contributed by atoms with van der Waals surface area (Å²) in [6.07, 6.45) is 0. The Balaban J connectivity index is 1.96. The van der Waals surface area contributed by atoms with Gasteiger partial charge in [0.05, 0.1) is 19.8 Å². The van der Waals surface area contributed by atoms with Gasteiger partial charge in [-0.15, -0.1) is 0 Å². The minimum Gasteiger partial charge on any atom is -0.380 e. The minimum absolute atomic E-state index is 0.159. The zero-order valence-electron chi connectivity index (χ0n) is 11.9. The maximum atomic E-state index is 5.92. The van der Waals surface area contributed by atoms with Gasteiger partial charge in [-0.1, -0.05) is 32.9 Å². The fraction of sp³-hybridized carbons (Fsp3) is 0.533. The van der Waals surface area contributed by atoms with Crippen LogP contribution in [0.25, 0.3) is 0 Å². The van der Waals surface area contributed by atoms with Gasteiger partial charge in [-0.3, -0.25) is 4.99 Å². The SMILES string of the molecule is CC(C)c1cccc(NC(N)=NCC2(C)COC2)c1. The molecular formula is C15H23N3O. The average molecular weight is 261 g/mol. The van der Waals surface area contributed by atoms with Crippen LogP contribution in [0.1, 0.15) is 32.3 Å². The summed E-state index contributed by atoms with van der Waals surface area (Å²) in [7, 11) is 0. The summed E-state index contributed by atoms with van der Waals surface area (Å²) in [4.78, 5) is 4.39. The van der Waals surface area contributed by atoms with E-state index < -0.39 is 0 Å². The van der Waals surface area contributed by atoms with E-state index in [1.54, 1.807) is 0 Å². The van der Waals surface area contributed by atoms with Crippen molar-refractivity contribution in [3.8, 4) is 0 Å². The highest BCUT2D eigenvalue weighted by atomic mass is 16.5. The Labute approximate surface area is 115 Å². The molecule has 1 aromatic carbocycles. The van der Waals surface area contributed by atoms with Crippen LogP contribution < -0.4 is 11.1 Å². The summed E-state index contributed by atoms with van der Waals surface area (Å²) in [6, 6.07) is 8.27. The molecule has 0 unspecified atom stereocenters. The van der Waals surface area contributed by atoms with Crippen LogP contribution >= 0.6 is 0 Å². The van der Waals surface area contributed by atoms with Crippen molar-refractivity contribution in [2.75, 3.05) is 25.1 Å². The van der Waals surface area contributed by atoms with Gasteiger partial charge in [0.2, 0.25) is 0 Å². The van der Waals surface area contributed by atoms with Crippen LogP contribution in [-0.2, 0) is 4.74 Å². The molecule has 104 valence electrons. The number of hydrogen-bond acceptors (Lipinski definition) is 2. The largest absolute Gasteiger partial charge is 0.380 e. The predicted molar refractivity (Wildman–Crippen MR) is 79.6 cm³/mol. The molecule has 1 aliphatic heterocycles. The van der Waals surface area contributed by atoms with Gasteiger partial charge in [-0.25, -0.2) is 0 Å². The molecule has 3 N–H and O–H groups in total. The van der Waals surface area contributed by atoms with Gasteiger partial charge >= 0.3 is 0 Å². The number of rotatable bonds is 4. The van der Waals surface area contributed by atoms with E-state index in [0.29, 0.717) is 18.4 Å². The summed E-state index contributed by atoms with van der Waals surface area (Å²) in [5.74, 6) is 0.972. The molecule has 1 aliphatic rings. The van der Waals surface area contributed by atoms with E-state index in [1.807, 2.05) is 12.1 Å². The Morgan fingerprint density at radius 1 is 1.47 bits per heavy atom. The molecule has 19 heavy (non-hydrogen) atoms. The third-order valence-electron chi connectivity index (χ3n) is 3.36. The molecule has 0 amide bonds. The van der Waals surface area contributed by atoms with Crippen molar-refractivity contribution in [3.05, 3.63) is 29.8 Å². The van der Waals surface area contributed by atoms with Gasteiger partial charge in [-0.2, -0.15) is 0 Å². The van der Waals surface area contributed by atoms with Gasteiger partial charge in [0.1, 0.15) is 0 Å². The van der Waals surface area contributed by atoms with E-state index >= 15 is 0 Å². The van der Waals surface area contributed by atoms with E-state index in [4.69, 9.17) is 10.5 Å². The third-order valence-corrected chi connectivity index (χ3v) is 3.36. The standard InChI is InChI=1S/C15H23N3O/c1-11(2)12-5-4-6-13(7-12)18-14(16)17-8-15(3)9-19-10-15/h4-7,11H,8-10H2,1-3H3,(H3,16,17,18). The Morgan fingerprint density at radius 2 is 2.21 bits per heavy atom. The molecule has 4 heteroatoms. The van der Waals surface area contributed by atoms with Crippen molar-refractivity contribution in [2.45, 2.75) is 26.7 Å². The summed E-state index contributed by atoms with van der Waals surface area (Å²) in [6.45, 7) is 8.75. The van der Waals surface area contributed by atoms with Gasteiger partial charge in [0, 0.05) is 11.1 Å². The number of benzene rings is 1. The van der Waals surface area contributed by atoms with E-state index in [9.17, 15) is 0 Å². The molecule has 0 aromatic heterocycles. The number of nitrogens with one attached hydrogen (secondary N) is 1. The zero-order valence-corrected chi connectivity index (χ0v) is 11.9. The maximum Gasteiger partial charge on any atom is 0.193 e. The number of anilines is 1. The lowest BCUT2D eigenvalue weighted by Crippen LogP contribution is -2.43. The van der Waals surface area contributed by atoms with Gasteiger partial charge in [0.25, 0.3) is 0 Å². The topological polar surface area (TPSA) is 59.6 Å². The van der Waals surface area contributed by atoms with Crippen molar-refractivity contribution in [1.82, 2.24) is 0 Å². The second-order valence-corrected chi connectivity index (χ2v) is 5.91. The van der Waals surface area contributed by atoms with Crippen molar-refractivity contribution >= 4 is 11.6 Å². The zero-order chi connectivity index (χ0) is 13.9. The van der Waals surface area contributed by atoms with Crippen molar-refractivity contribution < 1.29 is 4.74 Å². The van der Waals surface area contributed by atoms with Crippen LogP contribution in [0.3, 0.4) is 0 Å². The summed E-state index contributed by atoms with van der Waals surface area (Å²) < 4.78 is 5.20. The lowest BCUT2D eigenvalue weighted by molar-refractivity contribution is -0.0944. The Morgan fingerprint density at radius 3 is 2.79 bits per heavy atom. The van der Waals surface area contributed by atoms with Crippen LogP contribution in [0, 0.1) is 5.41 Å². The smallest absolute Gasteiger partial charge is 0.193 e. The monoisotopic (exact) mass is 261 g/mol. The molecule has 1 aromatic rings. The molecule has 0 radical (unpaired) electrons. The first kappa shape index (κ1) is 13.9. The number of ether oxygens (including phenoxy) is 1. The third kappa shape index (κ3) is 3.70. The summed E-state index contributed by atoms with van der Waals surface area (Å²) >= 11 is 0. The molecule has 0 spiro atoms. The molecule has 4 nitrogen and oxygen atoms in total. The number of hydrogen-bond donors (Lipinski definition) is 2. The fourth-order valence-corrected chi connectivity index (χ4v) is 1.98. The number of aliphatic imine (C=N–C) groups is 1. The van der Waals surface area contributed by atoms with Crippen LogP contribution in [0.15, 0.2) is 29.3 Å². The second kappa shape index (κ2) is 5.61. The number of nitrogens with two attached hydrogens (primary N) is 1. The minimum atomic E-state index is 0.159.